The second-order valence-electron chi connectivity index (χ2n) is 6.18. The van der Waals surface area contributed by atoms with E-state index in [1.54, 1.807) is 0 Å². The summed E-state index contributed by atoms with van der Waals surface area (Å²) in [6, 6.07) is 20.4. The summed E-state index contributed by atoms with van der Waals surface area (Å²) in [6.45, 7) is 3.02. The number of hydrogen-bond donors (Lipinski definition) is 0. The van der Waals surface area contributed by atoms with Crippen molar-refractivity contribution in [1.82, 2.24) is 4.90 Å². The Morgan fingerprint density at radius 2 is 1.65 bits per heavy atom. The zero-order valence-corrected chi connectivity index (χ0v) is 13.6. The smallest absolute Gasteiger partial charge is 0.254 e. The Morgan fingerprint density at radius 1 is 1.00 bits per heavy atom. The number of nitrogens with zero attached hydrogens (tertiary/aromatic N) is 1. The molecule has 2 aromatic carbocycles. The van der Waals surface area contributed by atoms with Gasteiger partial charge >= 0.3 is 0 Å². The van der Waals surface area contributed by atoms with Gasteiger partial charge in [-0.2, -0.15) is 0 Å². The van der Waals surface area contributed by atoms with E-state index < -0.39 is 0 Å². The Labute approximate surface area is 138 Å². The van der Waals surface area contributed by atoms with Gasteiger partial charge in [-0.15, -0.1) is 0 Å². The highest BCUT2D eigenvalue weighted by molar-refractivity contribution is 6.24. The van der Waals surface area contributed by atoms with Crippen LogP contribution in [0.2, 0.25) is 0 Å². The lowest BCUT2D eigenvalue weighted by molar-refractivity contribution is -0.128. The monoisotopic (exact) mass is 305 g/mol. The van der Waals surface area contributed by atoms with Crippen molar-refractivity contribution < 1.29 is 4.79 Å². The molecule has 1 amide bonds. The minimum atomic E-state index is 0.146. The third kappa shape index (κ3) is 3.70. The minimum Gasteiger partial charge on any atom is -0.336 e. The van der Waals surface area contributed by atoms with Crippen LogP contribution in [0, 0.1) is 0 Å². The number of carbonyl (C=O) groups excluding carboxylic acids is 1. The Hall–Kier alpha value is -2.35. The average molecular weight is 305 g/mol. The normalized spacial score (nSPS) is 18.7. The molecule has 1 saturated heterocycles. The standard InChI is InChI=1S/C21H23NO/c1-17-10-8-9-15-22(17)21(23)20(19-13-6-3-7-14-19)16-18-11-4-2-5-12-18/h2-7,11-14,16-17H,8-10,15H2,1H3/b20-16-/t17-/m0/s1. The summed E-state index contributed by atoms with van der Waals surface area (Å²) >= 11 is 0. The third-order valence-corrected chi connectivity index (χ3v) is 4.49. The molecule has 2 aromatic rings. The fraction of sp³-hybridized carbons (Fsp3) is 0.286. The van der Waals surface area contributed by atoms with Crippen LogP contribution in [0.3, 0.4) is 0 Å². The number of likely N-dealkylation sites (tertiary alicyclic amines) is 1. The van der Waals surface area contributed by atoms with Crippen LogP contribution in [0.15, 0.2) is 60.7 Å². The van der Waals surface area contributed by atoms with E-state index in [2.05, 4.69) is 6.92 Å². The van der Waals surface area contributed by atoms with E-state index in [1.165, 1.54) is 6.42 Å². The molecule has 1 fully saturated rings. The van der Waals surface area contributed by atoms with Crippen LogP contribution in [0.25, 0.3) is 11.6 Å². The lowest BCUT2D eigenvalue weighted by atomic mass is 9.98. The molecule has 3 rings (SSSR count). The van der Waals surface area contributed by atoms with Gasteiger partial charge in [-0.1, -0.05) is 60.7 Å². The van der Waals surface area contributed by atoms with Crippen LogP contribution in [0.1, 0.15) is 37.3 Å². The molecular weight excluding hydrogens is 282 g/mol. The molecule has 0 aromatic heterocycles. The molecule has 0 spiro atoms. The van der Waals surface area contributed by atoms with Crippen LogP contribution in [-0.2, 0) is 4.79 Å². The second kappa shape index (κ2) is 7.28. The number of amides is 1. The van der Waals surface area contributed by atoms with Crippen LogP contribution < -0.4 is 0 Å². The molecule has 2 heteroatoms. The first-order chi connectivity index (χ1) is 11.3. The maximum atomic E-state index is 13.2. The summed E-state index contributed by atoms with van der Waals surface area (Å²) < 4.78 is 0. The highest BCUT2D eigenvalue weighted by Crippen LogP contribution is 2.25. The number of carbonyl (C=O) groups is 1. The van der Waals surface area contributed by atoms with Crippen molar-refractivity contribution in [1.29, 1.82) is 0 Å². The molecule has 1 heterocycles. The van der Waals surface area contributed by atoms with E-state index in [4.69, 9.17) is 0 Å². The number of piperidine rings is 1. The van der Waals surface area contributed by atoms with Crippen LogP contribution in [0.5, 0.6) is 0 Å². The van der Waals surface area contributed by atoms with Gasteiger partial charge in [-0.05, 0) is 43.4 Å². The first-order valence-electron chi connectivity index (χ1n) is 8.39. The van der Waals surface area contributed by atoms with Crippen molar-refractivity contribution in [2.75, 3.05) is 6.54 Å². The summed E-state index contributed by atoms with van der Waals surface area (Å²) in [5.74, 6) is 0.146. The molecular formula is C21H23NO. The fourth-order valence-corrected chi connectivity index (χ4v) is 3.16. The van der Waals surface area contributed by atoms with E-state index in [0.29, 0.717) is 6.04 Å². The lowest BCUT2D eigenvalue weighted by Crippen LogP contribution is -2.42. The zero-order chi connectivity index (χ0) is 16.1. The first-order valence-corrected chi connectivity index (χ1v) is 8.39. The first kappa shape index (κ1) is 15.5. The Kier molecular flexibility index (Phi) is 4.92. The minimum absolute atomic E-state index is 0.146. The average Bonchev–Trinajstić information content (AvgIpc) is 2.61. The number of rotatable bonds is 3. The van der Waals surface area contributed by atoms with Gasteiger partial charge in [0.25, 0.3) is 5.91 Å². The SMILES string of the molecule is C[C@H]1CCCCN1C(=O)/C(=C\c1ccccc1)c1ccccc1. The molecule has 0 radical (unpaired) electrons. The molecule has 1 aliphatic heterocycles. The Bertz CT molecular complexity index is 676. The highest BCUT2D eigenvalue weighted by Gasteiger charge is 2.26. The Morgan fingerprint density at radius 3 is 2.30 bits per heavy atom. The van der Waals surface area contributed by atoms with Gasteiger partial charge in [0.05, 0.1) is 0 Å². The van der Waals surface area contributed by atoms with E-state index >= 15 is 0 Å². The van der Waals surface area contributed by atoms with Crippen LogP contribution >= 0.6 is 0 Å². The maximum absolute atomic E-state index is 13.2. The predicted molar refractivity (Wildman–Crippen MR) is 95.8 cm³/mol. The van der Waals surface area contributed by atoms with Crippen molar-refractivity contribution in [3.8, 4) is 0 Å². The summed E-state index contributed by atoms with van der Waals surface area (Å²) in [6.07, 6.45) is 5.43. The van der Waals surface area contributed by atoms with Gasteiger partial charge in [-0.3, -0.25) is 4.79 Å². The van der Waals surface area contributed by atoms with E-state index in [-0.39, 0.29) is 5.91 Å². The van der Waals surface area contributed by atoms with Crippen LogP contribution in [-0.4, -0.2) is 23.4 Å². The molecule has 0 saturated carbocycles. The largest absolute Gasteiger partial charge is 0.336 e. The van der Waals surface area contributed by atoms with Crippen molar-refractivity contribution in [3.63, 3.8) is 0 Å². The van der Waals surface area contributed by atoms with E-state index in [1.807, 2.05) is 71.6 Å². The molecule has 118 valence electrons. The highest BCUT2D eigenvalue weighted by atomic mass is 16.2. The lowest BCUT2D eigenvalue weighted by Gasteiger charge is -2.34. The van der Waals surface area contributed by atoms with Gasteiger partial charge in [-0.25, -0.2) is 0 Å². The topological polar surface area (TPSA) is 20.3 Å². The maximum Gasteiger partial charge on any atom is 0.254 e. The molecule has 1 atom stereocenters. The number of benzene rings is 2. The third-order valence-electron chi connectivity index (χ3n) is 4.49. The zero-order valence-electron chi connectivity index (χ0n) is 13.6. The van der Waals surface area contributed by atoms with Crippen molar-refractivity contribution in [2.24, 2.45) is 0 Å². The summed E-state index contributed by atoms with van der Waals surface area (Å²) in [7, 11) is 0. The van der Waals surface area contributed by atoms with Crippen molar-refractivity contribution >= 4 is 17.6 Å². The summed E-state index contributed by atoms with van der Waals surface area (Å²) in [5.41, 5.74) is 2.83. The van der Waals surface area contributed by atoms with Gasteiger partial charge in [0.1, 0.15) is 0 Å². The molecule has 0 N–H and O–H groups in total. The molecule has 0 bridgehead atoms. The van der Waals surface area contributed by atoms with E-state index in [9.17, 15) is 4.79 Å². The molecule has 23 heavy (non-hydrogen) atoms. The molecule has 2 nitrogen and oxygen atoms in total. The molecule has 0 aliphatic carbocycles. The molecule has 0 unspecified atom stereocenters. The number of hydrogen-bond acceptors (Lipinski definition) is 1. The predicted octanol–water partition coefficient (Wildman–Crippen LogP) is 4.63. The van der Waals surface area contributed by atoms with Gasteiger partial charge in [0.2, 0.25) is 0 Å². The van der Waals surface area contributed by atoms with Crippen LogP contribution in [0.4, 0.5) is 0 Å². The fourth-order valence-electron chi connectivity index (χ4n) is 3.16. The summed E-state index contributed by atoms with van der Waals surface area (Å²) in [4.78, 5) is 15.2. The molecule has 1 aliphatic rings. The van der Waals surface area contributed by atoms with Crippen molar-refractivity contribution in [2.45, 2.75) is 32.2 Å². The second-order valence-corrected chi connectivity index (χ2v) is 6.18. The van der Waals surface area contributed by atoms with Gasteiger partial charge < -0.3 is 4.90 Å². The summed E-state index contributed by atoms with van der Waals surface area (Å²) in [5, 5.41) is 0. The Balaban J connectivity index is 1.98. The van der Waals surface area contributed by atoms with Crippen molar-refractivity contribution in [3.05, 3.63) is 71.8 Å². The van der Waals surface area contributed by atoms with Gasteiger partial charge in [0, 0.05) is 18.2 Å². The quantitative estimate of drug-likeness (QED) is 0.598. The van der Waals surface area contributed by atoms with Gasteiger partial charge in [0.15, 0.2) is 0 Å². The van der Waals surface area contributed by atoms with E-state index in [0.717, 1.165) is 36.1 Å².